The van der Waals surface area contributed by atoms with Gasteiger partial charge < -0.3 is 9.64 Å². The first-order valence-electron chi connectivity index (χ1n) is 6.42. The highest BCUT2D eigenvalue weighted by atomic mass is 19.1. The number of rotatable bonds is 0. The Hall–Kier alpha value is -1.65. The summed E-state index contributed by atoms with van der Waals surface area (Å²) in [6.07, 6.45) is 1.61. The Balaban J connectivity index is 2.24. The van der Waals surface area contributed by atoms with E-state index >= 15 is 0 Å². The molecule has 0 aromatic carbocycles. The van der Waals surface area contributed by atoms with E-state index in [-0.39, 0.29) is 11.9 Å². The molecule has 0 saturated carbocycles. The summed E-state index contributed by atoms with van der Waals surface area (Å²) in [6, 6.07) is 0.973. The van der Waals surface area contributed by atoms with Crippen molar-refractivity contribution >= 4 is 6.09 Å². The van der Waals surface area contributed by atoms with Gasteiger partial charge in [0.2, 0.25) is 0 Å². The molecule has 104 valence electrons. The smallest absolute Gasteiger partial charge is 0.410 e. The summed E-state index contributed by atoms with van der Waals surface area (Å²) < 4.78 is 19.2. The van der Waals surface area contributed by atoms with E-state index in [1.807, 2.05) is 20.8 Å². The Kier molecular flexibility index (Phi) is 3.47. The second-order valence-electron chi connectivity index (χ2n) is 5.75. The number of nitrogens with zero attached hydrogens (tertiary/aromatic N) is 2. The average molecular weight is 266 g/mol. The van der Waals surface area contributed by atoms with E-state index in [2.05, 4.69) is 4.98 Å². The summed E-state index contributed by atoms with van der Waals surface area (Å²) in [5.41, 5.74) is 0.678. The number of carbonyl (C=O) groups excluding carboxylic acids is 1. The third kappa shape index (κ3) is 2.85. The van der Waals surface area contributed by atoms with Gasteiger partial charge >= 0.3 is 6.09 Å². The molecule has 5 heteroatoms. The molecule has 2 heterocycles. The third-order valence-corrected chi connectivity index (χ3v) is 3.12. The van der Waals surface area contributed by atoms with E-state index in [1.54, 1.807) is 11.8 Å². The lowest BCUT2D eigenvalue weighted by Crippen LogP contribution is -2.42. The fourth-order valence-corrected chi connectivity index (χ4v) is 2.28. The maximum Gasteiger partial charge on any atom is 0.410 e. The molecule has 4 nitrogen and oxygen atoms in total. The van der Waals surface area contributed by atoms with Crippen molar-refractivity contribution in [2.45, 2.75) is 45.8 Å². The fraction of sp³-hybridized carbons (Fsp3) is 0.571. The van der Waals surface area contributed by atoms with Crippen LogP contribution in [0.15, 0.2) is 12.3 Å². The molecule has 0 fully saturated rings. The molecule has 0 aliphatic carbocycles. The quantitative estimate of drug-likeness (QED) is 0.724. The van der Waals surface area contributed by atoms with Gasteiger partial charge in [0.15, 0.2) is 0 Å². The van der Waals surface area contributed by atoms with Crippen LogP contribution in [0.4, 0.5) is 9.18 Å². The second-order valence-corrected chi connectivity index (χ2v) is 5.75. The monoisotopic (exact) mass is 266 g/mol. The zero-order valence-corrected chi connectivity index (χ0v) is 11.7. The summed E-state index contributed by atoms with van der Waals surface area (Å²) >= 11 is 0. The molecule has 1 aliphatic heterocycles. The molecule has 0 N–H and O–H groups in total. The third-order valence-electron chi connectivity index (χ3n) is 3.12. The Labute approximate surface area is 112 Å². The predicted molar refractivity (Wildman–Crippen MR) is 69.3 cm³/mol. The number of halogens is 1. The van der Waals surface area contributed by atoms with Gasteiger partial charge in [-0.05, 0) is 33.8 Å². The Morgan fingerprint density at radius 3 is 2.84 bits per heavy atom. The van der Waals surface area contributed by atoms with Gasteiger partial charge in [-0.15, -0.1) is 0 Å². The van der Waals surface area contributed by atoms with Crippen LogP contribution in [0.25, 0.3) is 0 Å². The maximum atomic E-state index is 13.9. The van der Waals surface area contributed by atoms with Gasteiger partial charge in [0.05, 0.1) is 11.7 Å². The van der Waals surface area contributed by atoms with Crippen LogP contribution in [0.1, 0.15) is 45.0 Å². The first-order chi connectivity index (χ1) is 8.79. The van der Waals surface area contributed by atoms with Gasteiger partial charge in [-0.3, -0.25) is 4.98 Å². The average Bonchev–Trinajstić information content (AvgIpc) is 2.26. The first kappa shape index (κ1) is 13.8. The SMILES string of the molecule is CC1c2c(F)ccnc2CCN1C(=O)OC(C)(C)C. The largest absolute Gasteiger partial charge is 0.444 e. The molecule has 2 rings (SSSR count). The minimum absolute atomic E-state index is 0.314. The highest BCUT2D eigenvalue weighted by Crippen LogP contribution is 2.31. The van der Waals surface area contributed by atoms with E-state index < -0.39 is 11.7 Å². The van der Waals surface area contributed by atoms with Crippen LogP contribution in [0, 0.1) is 5.82 Å². The molecule has 0 saturated heterocycles. The van der Waals surface area contributed by atoms with Gasteiger partial charge in [-0.25, -0.2) is 9.18 Å². The zero-order valence-electron chi connectivity index (χ0n) is 11.7. The molecule has 1 aliphatic rings. The van der Waals surface area contributed by atoms with Crippen molar-refractivity contribution in [1.82, 2.24) is 9.88 Å². The lowest BCUT2D eigenvalue weighted by atomic mass is 9.98. The number of hydrogen-bond donors (Lipinski definition) is 0. The first-order valence-corrected chi connectivity index (χ1v) is 6.42. The second kappa shape index (κ2) is 4.79. The lowest BCUT2D eigenvalue weighted by molar-refractivity contribution is 0.0154. The van der Waals surface area contributed by atoms with Crippen molar-refractivity contribution < 1.29 is 13.9 Å². The number of pyridine rings is 1. The number of amides is 1. The normalized spacial score (nSPS) is 19.0. The van der Waals surface area contributed by atoms with Crippen LogP contribution >= 0.6 is 0 Å². The van der Waals surface area contributed by atoms with E-state index in [1.165, 1.54) is 12.3 Å². The van der Waals surface area contributed by atoms with Crippen LogP contribution < -0.4 is 0 Å². The molecule has 1 atom stereocenters. The van der Waals surface area contributed by atoms with Crippen LogP contribution in [-0.2, 0) is 11.2 Å². The van der Waals surface area contributed by atoms with Gasteiger partial charge in [-0.2, -0.15) is 0 Å². The van der Waals surface area contributed by atoms with Gasteiger partial charge in [-0.1, -0.05) is 0 Å². The van der Waals surface area contributed by atoms with Crippen molar-refractivity contribution in [3.8, 4) is 0 Å². The highest BCUT2D eigenvalue weighted by molar-refractivity contribution is 5.69. The van der Waals surface area contributed by atoms with Crippen LogP contribution in [0.5, 0.6) is 0 Å². The highest BCUT2D eigenvalue weighted by Gasteiger charge is 2.33. The molecule has 1 aromatic rings. The standard InChI is InChI=1S/C14H19FN2O2/c1-9-12-10(15)5-7-16-11(12)6-8-17(9)13(18)19-14(2,3)4/h5,7,9H,6,8H2,1-4H3. The van der Waals surface area contributed by atoms with Gasteiger partial charge in [0.25, 0.3) is 0 Å². The molecule has 0 radical (unpaired) electrons. The van der Waals surface area contributed by atoms with Crippen molar-refractivity contribution in [3.05, 3.63) is 29.3 Å². The van der Waals surface area contributed by atoms with Crippen molar-refractivity contribution in [1.29, 1.82) is 0 Å². The summed E-state index contributed by atoms with van der Waals surface area (Å²) in [4.78, 5) is 17.8. The molecule has 1 amide bonds. The number of hydrogen-bond acceptors (Lipinski definition) is 3. The predicted octanol–water partition coefficient (Wildman–Crippen LogP) is 3.07. The lowest BCUT2D eigenvalue weighted by Gasteiger charge is -2.35. The summed E-state index contributed by atoms with van der Waals surface area (Å²) in [5.74, 6) is -0.314. The van der Waals surface area contributed by atoms with Crippen molar-refractivity contribution in [3.63, 3.8) is 0 Å². The topological polar surface area (TPSA) is 42.4 Å². The van der Waals surface area contributed by atoms with Gasteiger partial charge in [0, 0.05) is 24.7 Å². The molecule has 1 unspecified atom stereocenters. The molecule has 0 bridgehead atoms. The van der Waals surface area contributed by atoms with E-state index in [0.717, 1.165) is 5.69 Å². The molecule has 19 heavy (non-hydrogen) atoms. The minimum atomic E-state index is -0.551. The molecule has 1 aromatic heterocycles. The number of ether oxygens (including phenoxy) is 1. The van der Waals surface area contributed by atoms with Crippen LogP contribution in [0.3, 0.4) is 0 Å². The number of carbonyl (C=O) groups is 1. The summed E-state index contributed by atoms with van der Waals surface area (Å²) in [7, 11) is 0. The fourth-order valence-electron chi connectivity index (χ4n) is 2.28. The molecular weight excluding hydrogens is 247 g/mol. The molecule has 0 spiro atoms. The summed E-state index contributed by atoms with van der Waals surface area (Å²) in [6.45, 7) is 7.74. The maximum absolute atomic E-state index is 13.9. The number of fused-ring (bicyclic) bond motifs is 1. The van der Waals surface area contributed by atoms with Crippen molar-refractivity contribution in [2.24, 2.45) is 0 Å². The van der Waals surface area contributed by atoms with E-state index in [4.69, 9.17) is 4.74 Å². The zero-order chi connectivity index (χ0) is 14.2. The van der Waals surface area contributed by atoms with Gasteiger partial charge in [0.1, 0.15) is 11.4 Å². The molecular formula is C14H19FN2O2. The summed E-state index contributed by atoms with van der Waals surface area (Å²) in [5, 5.41) is 0. The minimum Gasteiger partial charge on any atom is -0.444 e. The van der Waals surface area contributed by atoms with E-state index in [0.29, 0.717) is 18.5 Å². The van der Waals surface area contributed by atoms with Crippen LogP contribution in [0.2, 0.25) is 0 Å². The Bertz CT molecular complexity index is 497. The Morgan fingerprint density at radius 2 is 2.21 bits per heavy atom. The van der Waals surface area contributed by atoms with E-state index in [9.17, 15) is 9.18 Å². The van der Waals surface area contributed by atoms with Crippen molar-refractivity contribution in [2.75, 3.05) is 6.54 Å². The number of aromatic nitrogens is 1. The Morgan fingerprint density at radius 1 is 1.53 bits per heavy atom. The van der Waals surface area contributed by atoms with Crippen LogP contribution in [-0.4, -0.2) is 28.1 Å².